The number of nitrogens with zero attached hydrogens (tertiary/aromatic N) is 2. The maximum absolute atomic E-state index is 12.5. The Bertz CT molecular complexity index is 1090. The number of esters is 1. The first-order chi connectivity index (χ1) is 15.2. The Kier molecular flexibility index (Phi) is 6.94. The Labute approximate surface area is 188 Å². The zero-order valence-electron chi connectivity index (χ0n) is 17.3. The molecule has 10 nitrogen and oxygen atoms in total. The van der Waals surface area contributed by atoms with Gasteiger partial charge in [-0.15, -0.1) is 0 Å². The van der Waals surface area contributed by atoms with E-state index in [1.807, 2.05) is 0 Å². The summed E-state index contributed by atoms with van der Waals surface area (Å²) in [4.78, 5) is 48.7. The van der Waals surface area contributed by atoms with E-state index in [-0.39, 0.29) is 30.3 Å². The molecule has 32 heavy (non-hydrogen) atoms. The van der Waals surface area contributed by atoms with Gasteiger partial charge in [0.15, 0.2) is 6.61 Å². The average Bonchev–Trinajstić information content (AvgIpc) is 3.15. The second kappa shape index (κ2) is 9.65. The van der Waals surface area contributed by atoms with Crippen molar-refractivity contribution in [2.24, 2.45) is 5.92 Å². The summed E-state index contributed by atoms with van der Waals surface area (Å²) in [6.07, 6.45) is -0.117. The smallest absolute Gasteiger partial charge is 0.311 e. The number of carbonyl (C=O) groups is 3. The molecular weight excluding hydrogens is 442 g/mol. The topological polar surface area (TPSA) is 128 Å². The van der Waals surface area contributed by atoms with Gasteiger partial charge in [0.05, 0.1) is 29.7 Å². The minimum atomic E-state index is -0.789. The molecule has 0 aromatic heterocycles. The number of halogens is 1. The first kappa shape index (κ1) is 23.0. The SMILES string of the molecule is COc1cc([N+](=O)[O-])ccc1N1C[C@@H](C(=O)OCC(=O)Nc2cc(Cl)ccc2C)CC1=O. The standard InChI is InChI=1S/C21H20ClN3O7/c1-12-3-4-14(22)8-16(12)23-19(26)11-32-21(28)13-7-20(27)24(10-13)17-6-5-15(25(29)30)9-18(17)31-2/h3-6,8-9,13H,7,10-11H2,1-2H3,(H,23,26)/t13-/m0/s1. The van der Waals surface area contributed by atoms with Gasteiger partial charge in [-0.05, 0) is 30.7 Å². The number of hydrogen-bond donors (Lipinski definition) is 1. The lowest BCUT2D eigenvalue weighted by molar-refractivity contribution is -0.384. The van der Waals surface area contributed by atoms with E-state index in [0.29, 0.717) is 16.4 Å². The van der Waals surface area contributed by atoms with Gasteiger partial charge in [0.2, 0.25) is 5.91 Å². The van der Waals surface area contributed by atoms with E-state index < -0.39 is 29.3 Å². The number of nitrogens with one attached hydrogen (secondary N) is 1. The van der Waals surface area contributed by atoms with Crippen LogP contribution in [-0.2, 0) is 19.1 Å². The number of benzene rings is 2. The van der Waals surface area contributed by atoms with Gasteiger partial charge in [-0.2, -0.15) is 0 Å². The number of nitro benzene ring substituents is 1. The monoisotopic (exact) mass is 461 g/mol. The predicted molar refractivity (Wildman–Crippen MR) is 116 cm³/mol. The summed E-state index contributed by atoms with van der Waals surface area (Å²) in [7, 11) is 1.33. The molecule has 1 aliphatic rings. The lowest BCUT2D eigenvalue weighted by atomic mass is 10.1. The molecule has 0 aliphatic carbocycles. The van der Waals surface area contributed by atoms with Crippen LogP contribution in [0.5, 0.6) is 5.75 Å². The fourth-order valence-electron chi connectivity index (χ4n) is 3.27. The van der Waals surface area contributed by atoms with Gasteiger partial charge in [0.25, 0.3) is 11.6 Å². The van der Waals surface area contributed by atoms with Crippen molar-refractivity contribution in [3.63, 3.8) is 0 Å². The van der Waals surface area contributed by atoms with Crippen LogP contribution in [0, 0.1) is 23.0 Å². The van der Waals surface area contributed by atoms with Crippen LogP contribution in [0.15, 0.2) is 36.4 Å². The molecule has 1 fully saturated rings. The van der Waals surface area contributed by atoms with Crippen LogP contribution < -0.4 is 15.0 Å². The number of amides is 2. The maximum Gasteiger partial charge on any atom is 0.311 e. The van der Waals surface area contributed by atoms with Crippen LogP contribution in [0.2, 0.25) is 5.02 Å². The molecule has 1 saturated heterocycles. The van der Waals surface area contributed by atoms with Gasteiger partial charge in [0, 0.05) is 29.7 Å². The van der Waals surface area contributed by atoms with Gasteiger partial charge < -0.3 is 19.7 Å². The van der Waals surface area contributed by atoms with Crippen molar-refractivity contribution in [1.82, 2.24) is 0 Å². The Morgan fingerprint density at radius 1 is 1.28 bits per heavy atom. The molecule has 1 N–H and O–H groups in total. The van der Waals surface area contributed by atoms with E-state index in [4.69, 9.17) is 21.1 Å². The number of aryl methyl sites for hydroxylation is 1. The van der Waals surface area contributed by atoms with E-state index in [1.54, 1.807) is 25.1 Å². The van der Waals surface area contributed by atoms with E-state index in [0.717, 1.165) is 5.56 Å². The number of rotatable bonds is 7. The zero-order valence-corrected chi connectivity index (χ0v) is 18.0. The molecule has 1 atom stereocenters. The summed E-state index contributed by atoms with van der Waals surface area (Å²) < 4.78 is 10.3. The first-order valence-electron chi connectivity index (χ1n) is 9.55. The number of methoxy groups -OCH3 is 1. The summed E-state index contributed by atoms with van der Waals surface area (Å²) in [5.41, 5.74) is 1.43. The van der Waals surface area contributed by atoms with Gasteiger partial charge >= 0.3 is 5.97 Å². The molecular formula is C21H20ClN3O7. The summed E-state index contributed by atoms with van der Waals surface area (Å²) in [6.45, 7) is 1.28. The van der Waals surface area contributed by atoms with E-state index in [9.17, 15) is 24.5 Å². The molecule has 1 heterocycles. The van der Waals surface area contributed by atoms with Crippen LogP contribution in [0.1, 0.15) is 12.0 Å². The molecule has 0 bridgehead atoms. The van der Waals surface area contributed by atoms with Crippen LogP contribution in [-0.4, -0.2) is 43.0 Å². The van der Waals surface area contributed by atoms with Crippen molar-refractivity contribution < 1.29 is 28.8 Å². The average molecular weight is 462 g/mol. The van der Waals surface area contributed by atoms with Gasteiger partial charge in [-0.3, -0.25) is 24.5 Å². The van der Waals surface area contributed by atoms with Crippen molar-refractivity contribution in [2.45, 2.75) is 13.3 Å². The minimum Gasteiger partial charge on any atom is -0.494 e. The highest BCUT2D eigenvalue weighted by Crippen LogP contribution is 2.36. The lowest BCUT2D eigenvalue weighted by Gasteiger charge is -2.19. The number of nitro groups is 1. The number of non-ortho nitro benzene ring substituents is 1. The zero-order chi connectivity index (χ0) is 23.4. The lowest BCUT2D eigenvalue weighted by Crippen LogP contribution is -2.28. The molecule has 2 aromatic carbocycles. The highest BCUT2D eigenvalue weighted by molar-refractivity contribution is 6.31. The summed E-state index contributed by atoms with van der Waals surface area (Å²) in [6, 6.07) is 8.87. The Hall–Kier alpha value is -3.66. The van der Waals surface area contributed by atoms with Gasteiger partial charge in [0.1, 0.15) is 5.75 Å². The highest BCUT2D eigenvalue weighted by atomic mass is 35.5. The molecule has 2 aromatic rings. The van der Waals surface area contributed by atoms with Crippen molar-refractivity contribution in [1.29, 1.82) is 0 Å². The van der Waals surface area contributed by atoms with Crippen molar-refractivity contribution in [3.05, 3.63) is 57.1 Å². The fourth-order valence-corrected chi connectivity index (χ4v) is 3.44. The van der Waals surface area contributed by atoms with Crippen molar-refractivity contribution in [2.75, 3.05) is 30.5 Å². The molecule has 3 rings (SSSR count). The van der Waals surface area contributed by atoms with E-state index in [2.05, 4.69) is 5.32 Å². The van der Waals surface area contributed by atoms with Crippen molar-refractivity contribution in [3.8, 4) is 5.75 Å². The normalized spacial score (nSPS) is 15.4. The number of carbonyl (C=O) groups excluding carboxylic acids is 3. The van der Waals surface area contributed by atoms with E-state index >= 15 is 0 Å². The van der Waals surface area contributed by atoms with Gasteiger partial charge in [-0.1, -0.05) is 17.7 Å². The summed E-state index contributed by atoms with van der Waals surface area (Å²) in [5, 5.41) is 14.0. The molecule has 0 spiro atoms. The van der Waals surface area contributed by atoms with Crippen LogP contribution in [0.25, 0.3) is 0 Å². The molecule has 0 unspecified atom stereocenters. The first-order valence-corrected chi connectivity index (χ1v) is 9.93. The third-order valence-electron chi connectivity index (χ3n) is 4.94. The molecule has 0 radical (unpaired) electrons. The Balaban J connectivity index is 1.61. The molecule has 2 amide bonds. The van der Waals surface area contributed by atoms with Crippen LogP contribution in [0.4, 0.5) is 17.1 Å². The second-order valence-corrected chi connectivity index (χ2v) is 7.57. The summed E-state index contributed by atoms with van der Waals surface area (Å²) >= 11 is 5.92. The predicted octanol–water partition coefficient (Wildman–Crippen LogP) is 3.10. The van der Waals surface area contributed by atoms with Crippen LogP contribution >= 0.6 is 11.6 Å². The third kappa shape index (κ3) is 5.14. The van der Waals surface area contributed by atoms with Crippen LogP contribution in [0.3, 0.4) is 0 Å². The fraction of sp³-hybridized carbons (Fsp3) is 0.286. The maximum atomic E-state index is 12.5. The van der Waals surface area contributed by atoms with E-state index in [1.165, 1.54) is 30.2 Å². The number of ether oxygens (including phenoxy) is 2. The summed E-state index contributed by atoms with van der Waals surface area (Å²) in [5.74, 6) is -2.25. The third-order valence-corrected chi connectivity index (χ3v) is 5.18. The minimum absolute atomic E-state index is 0.000851. The van der Waals surface area contributed by atoms with Gasteiger partial charge in [-0.25, -0.2) is 0 Å². The number of hydrogen-bond acceptors (Lipinski definition) is 7. The Morgan fingerprint density at radius 2 is 2.03 bits per heavy atom. The number of anilines is 2. The molecule has 11 heteroatoms. The molecule has 1 aliphatic heterocycles. The second-order valence-electron chi connectivity index (χ2n) is 7.13. The highest BCUT2D eigenvalue weighted by Gasteiger charge is 2.37. The quantitative estimate of drug-likeness (QED) is 0.381. The largest absolute Gasteiger partial charge is 0.494 e. The molecule has 0 saturated carbocycles. The Morgan fingerprint density at radius 3 is 2.72 bits per heavy atom. The molecule has 168 valence electrons. The van der Waals surface area contributed by atoms with Crippen molar-refractivity contribution >= 4 is 46.4 Å².